The van der Waals surface area contributed by atoms with Crippen molar-refractivity contribution >= 4 is 23.1 Å². The highest BCUT2D eigenvalue weighted by atomic mass is 32.1. The maximum atomic E-state index is 12.2. The van der Waals surface area contributed by atoms with Gasteiger partial charge in [0.25, 0.3) is 0 Å². The number of hydrogen-bond acceptors (Lipinski definition) is 5. The van der Waals surface area contributed by atoms with Crippen molar-refractivity contribution in [3.05, 3.63) is 59.8 Å². The quantitative estimate of drug-likeness (QED) is 0.640. The molecule has 1 aliphatic rings. The summed E-state index contributed by atoms with van der Waals surface area (Å²) in [6.07, 6.45) is 5.17. The van der Waals surface area contributed by atoms with Gasteiger partial charge in [0.2, 0.25) is 5.89 Å². The molecule has 1 aromatic carbocycles. The van der Waals surface area contributed by atoms with Crippen molar-refractivity contribution < 1.29 is 9.21 Å². The minimum atomic E-state index is -0.168. The van der Waals surface area contributed by atoms with Gasteiger partial charge >= 0.3 is 6.03 Å². The van der Waals surface area contributed by atoms with Crippen LogP contribution < -0.4 is 10.6 Å². The standard InChI is InChI=1S/C21H24N4O2S/c26-21(24-16-7-2-1-3-8-16)22-13-18-9-4-5-11-25(18)14-17-15-27-20(23-17)19-10-6-12-28-19/h1-3,6-8,10,12,15,18H,4-5,9,11,13-14H2,(H2,22,24,26). The van der Waals surface area contributed by atoms with Crippen LogP contribution in [0.5, 0.6) is 0 Å². The first-order chi connectivity index (χ1) is 13.8. The first kappa shape index (κ1) is 18.7. The highest BCUT2D eigenvalue weighted by Crippen LogP contribution is 2.25. The van der Waals surface area contributed by atoms with Crippen molar-refractivity contribution in [1.29, 1.82) is 0 Å². The predicted octanol–water partition coefficient (Wildman–Crippen LogP) is 4.58. The molecule has 1 fully saturated rings. The van der Waals surface area contributed by atoms with Gasteiger partial charge in [-0.1, -0.05) is 30.7 Å². The van der Waals surface area contributed by atoms with Crippen LogP contribution in [-0.2, 0) is 6.54 Å². The number of nitrogens with zero attached hydrogens (tertiary/aromatic N) is 2. The number of nitrogens with one attached hydrogen (secondary N) is 2. The van der Waals surface area contributed by atoms with Crippen LogP contribution in [0.15, 0.2) is 58.5 Å². The number of hydrogen-bond donors (Lipinski definition) is 2. The average molecular weight is 397 g/mol. The van der Waals surface area contributed by atoms with Crippen LogP contribution in [0.1, 0.15) is 25.0 Å². The van der Waals surface area contributed by atoms with Crippen LogP contribution >= 0.6 is 11.3 Å². The fraction of sp³-hybridized carbons (Fsp3) is 0.333. The number of aromatic nitrogens is 1. The number of carbonyl (C=O) groups is 1. The number of rotatable bonds is 6. The molecule has 1 aliphatic heterocycles. The summed E-state index contributed by atoms with van der Waals surface area (Å²) < 4.78 is 5.64. The van der Waals surface area contributed by atoms with E-state index in [1.807, 2.05) is 47.8 Å². The van der Waals surface area contributed by atoms with Crippen LogP contribution in [0.3, 0.4) is 0 Å². The number of amides is 2. The number of thiophene rings is 1. The lowest BCUT2D eigenvalue weighted by Crippen LogP contribution is -2.47. The van der Waals surface area contributed by atoms with E-state index >= 15 is 0 Å². The molecule has 0 spiro atoms. The Kier molecular flexibility index (Phi) is 6.04. The number of anilines is 1. The number of carbonyl (C=O) groups excluding carboxylic acids is 1. The van der Waals surface area contributed by atoms with E-state index in [1.54, 1.807) is 17.6 Å². The van der Waals surface area contributed by atoms with Crippen molar-refractivity contribution in [1.82, 2.24) is 15.2 Å². The van der Waals surface area contributed by atoms with E-state index < -0.39 is 0 Å². The minimum Gasteiger partial charge on any atom is -0.444 e. The molecule has 1 atom stereocenters. The zero-order valence-electron chi connectivity index (χ0n) is 15.6. The number of oxazole rings is 1. The Balaban J connectivity index is 1.32. The molecule has 0 aliphatic carbocycles. The summed E-state index contributed by atoms with van der Waals surface area (Å²) in [6.45, 7) is 2.36. The lowest BCUT2D eigenvalue weighted by molar-refractivity contribution is 0.137. The van der Waals surface area contributed by atoms with Crippen LogP contribution in [0, 0.1) is 0 Å². The van der Waals surface area contributed by atoms with Crippen molar-refractivity contribution in [2.24, 2.45) is 0 Å². The normalized spacial score (nSPS) is 17.4. The summed E-state index contributed by atoms with van der Waals surface area (Å²) in [5.74, 6) is 0.680. The van der Waals surface area contributed by atoms with Gasteiger partial charge in [0.05, 0.1) is 10.6 Å². The monoisotopic (exact) mass is 396 g/mol. The van der Waals surface area contributed by atoms with Crippen LogP contribution in [0.25, 0.3) is 10.8 Å². The average Bonchev–Trinajstić information content (AvgIpc) is 3.40. The molecule has 3 heterocycles. The van der Waals surface area contributed by atoms with E-state index in [-0.39, 0.29) is 6.03 Å². The van der Waals surface area contributed by atoms with Crippen LogP contribution in [-0.4, -0.2) is 35.0 Å². The second-order valence-corrected chi connectivity index (χ2v) is 7.89. The summed E-state index contributed by atoms with van der Waals surface area (Å²) >= 11 is 1.62. The summed E-state index contributed by atoms with van der Waals surface area (Å²) in [6, 6.07) is 13.6. The summed E-state index contributed by atoms with van der Waals surface area (Å²) in [4.78, 5) is 20.3. The Labute approximate surface area is 168 Å². The SMILES string of the molecule is O=C(NCC1CCCCN1Cc1coc(-c2cccs2)n1)Nc1ccccc1. The molecule has 7 heteroatoms. The van der Waals surface area contributed by atoms with Gasteiger partial charge in [0.15, 0.2) is 0 Å². The third kappa shape index (κ3) is 4.79. The second-order valence-electron chi connectivity index (χ2n) is 6.94. The Morgan fingerprint density at radius 2 is 2.11 bits per heavy atom. The van der Waals surface area contributed by atoms with Gasteiger partial charge in [-0.25, -0.2) is 9.78 Å². The highest BCUT2D eigenvalue weighted by molar-refractivity contribution is 7.13. The lowest BCUT2D eigenvalue weighted by atomic mass is 10.0. The molecular formula is C21H24N4O2S. The molecule has 4 rings (SSSR count). The zero-order chi connectivity index (χ0) is 19.2. The van der Waals surface area contributed by atoms with Crippen molar-refractivity contribution in [3.63, 3.8) is 0 Å². The first-order valence-electron chi connectivity index (χ1n) is 9.60. The van der Waals surface area contributed by atoms with E-state index in [0.29, 0.717) is 18.5 Å². The molecule has 1 unspecified atom stereocenters. The first-order valence-corrected chi connectivity index (χ1v) is 10.5. The Hall–Kier alpha value is -2.64. The Morgan fingerprint density at radius 1 is 1.21 bits per heavy atom. The fourth-order valence-electron chi connectivity index (χ4n) is 3.51. The Morgan fingerprint density at radius 3 is 2.93 bits per heavy atom. The number of para-hydroxylation sites is 1. The van der Waals surface area contributed by atoms with Crippen LogP contribution in [0.2, 0.25) is 0 Å². The number of benzene rings is 1. The second kappa shape index (κ2) is 9.03. The van der Waals surface area contributed by atoms with Gasteiger partial charge < -0.3 is 15.1 Å². The molecule has 3 aromatic rings. The molecule has 0 radical (unpaired) electrons. The van der Waals surface area contributed by atoms with Crippen molar-refractivity contribution in [2.75, 3.05) is 18.4 Å². The van der Waals surface area contributed by atoms with E-state index in [1.165, 1.54) is 12.8 Å². The third-order valence-electron chi connectivity index (χ3n) is 4.93. The Bertz CT molecular complexity index is 879. The van der Waals surface area contributed by atoms with E-state index in [0.717, 1.165) is 35.8 Å². The van der Waals surface area contributed by atoms with Crippen molar-refractivity contribution in [2.45, 2.75) is 31.8 Å². The smallest absolute Gasteiger partial charge is 0.319 e. The third-order valence-corrected chi connectivity index (χ3v) is 5.79. The molecule has 6 nitrogen and oxygen atoms in total. The maximum Gasteiger partial charge on any atom is 0.319 e. The van der Waals surface area contributed by atoms with Gasteiger partial charge in [-0.05, 0) is 43.0 Å². The number of piperidine rings is 1. The number of urea groups is 1. The molecular weight excluding hydrogens is 372 g/mol. The van der Waals surface area contributed by atoms with Gasteiger partial charge in [0.1, 0.15) is 6.26 Å². The lowest BCUT2D eigenvalue weighted by Gasteiger charge is -2.35. The molecule has 0 saturated carbocycles. The number of likely N-dealkylation sites (tertiary alicyclic amines) is 1. The van der Waals surface area contributed by atoms with Gasteiger partial charge in [-0.2, -0.15) is 0 Å². The van der Waals surface area contributed by atoms with E-state index in [9.17, 15) is 4.79 Å². The van der Waals surface area contributed by atoms with E-state index in [2.05, 4.69) is 20.5 Å². The van der Waals surface area contributed by atoms with E-state index in [4.69, 9.17) is 4.42 Å². The molecule has 2 amide bonds. The van der Waals surface area contributed by atoms with Gasteiger partial charge in [0, 0.05) is 24.8 Å². The summed E-state index contributed by atoms with van der Waals surface area (Å²) in [7, 11) is 0. The molecule has 0 bridgehead atoms. The predicted molar refractivity (Wildman–Crippen MR) is 111 cm³/mol. The van der Waals surface area contributed by atoms with Crippen molar-refractivity contribution in [3.8, 4) is 10.8 Å². The fourth-order valence-corrected chi connectivity index (χ4v) is 4.16. The molecule has 2 aromatic heterocycles. The summed E-state index contributed by atoms with van der Waals surface area (Å²) in [5.41, 5.74) is 1.73. The molecule has 146 valence electrons. The molecule has 2 N–H and O–H groups in total. The highest BCUT2D eigenvalue weighted by Gasteiger charge is 2.24. The minimum absolute atomic E-state index is 0.168. The van der Waals surface area contributed by atoms with Crippen LogP contribution in [0.4, 0.5) is 10.5 Å². The topological polar surface area (TPSA) is 70.4 Å². The molecule has 1 saturated heterocycles. The largest absolute Gasteiger partial charge is 0.444 e. The molecule has 28 heavy (non-hydrogen) atoms. The summed E-state index contributed by atoms with van der Waals surface area (Å²) in [5, 5.41) is 7.90. The van der Waals surface area contributed by atoms with Gasteiger partial charge in [-0.15, -0.1) is 11.3 Å². The van der Waals surface area contributed by atoms with Gasteiger partial charge in [-0.3, -0.25) is 4.90 Å². The maximum absolute atomic E-state index is 12.2. The zero-order valence-corrected chi connectivity index (χ0v) is 16.5.